The number of ether oxygens (including phenoxy) is 1. The first kappa shape index (κ1) is 12.4. The first-order valence-corrected chi connectivity index (χ1v) is 5.69. The van der Waals surface area contributed by atoms with Gasteiger partial charge in [-0.2, -0.15) is 5.26 Å². The lowest BCUT2D eigenvalue weighted by Crippen LogP contribution is -2.00. The molecule has 0 aliphatic rings. The Hall–Kier alpha value is -1.69. The van der Waals surface area contributed by atoms with E-state index in [4.69, 9.17) is 15.7 Å². The first-order chi connectivity index (χ1) is 7.84. The maximum atomic E-state index is 8.36. The van der Waals surface area contributed by atoms with Gasteiger partial charge in [0.1, 0.15) is 5.75 Å². The van der Waals surface area contributed by atoms with Crippen LogP contribution in [0.2, 0.25) is 0 Å². The molecule has 0 atom stereocenters. The van der Waals surface area contributed by atoms with E-state index in [1.165, 1.54) is 0 Å². The molecule has 0 bridgehead atoms. The van der Waals surface area contributed by atoms with Gasteiger partial charge >= 0.3 is 0 Å². The lowest BCUT2D eigenvalue weighted by Gasteiger charge is -2.07. The van der Waals surface area contributed by atoms with E-state index >= 15 is 0 Å². The number of benzene rings is 1. The monoisotopic (exact) mass is 218 g/mol. The van der Waals surface area contributed by atoms with Gasteiger partial charge in [-0.3, -0.25) is 0 Å². The summed E-state index contributed by atoms with van der Waals surface area (Å²) in [6.45, 7) is 0.695. The van der Waals surface area contributed by atoms with Crippen molar-refractivity contribution >= 4 is 5.69 Å². The summed E-state index contributed by atoms with van der Waals surface area (Å²) in [5.41, 5.74) is 6.43. The molecular weight excluding hydrogens is 200 g/mol. The third-order valence-electron chi connectivity index (χ3n) is 2.36. The largest absolute Gasteiger partial charge is 0.491 e. The third kappa shape index (κ3) is 4.70. The predicted molar refractivity (Wildman–Crippen MR) is 65.0 cm³/mol. The fourth-order valence-electron chi connectivity index (χ4n) is 1.45. The molecule has 1 aromatic rings. The van der Waals surface area contributed by atoms with Crippen molar-refractivity contribution in [3.63, 3.8) is 0 Å². The van der Waals surface area contributed by atoms with E-state index in [1.54, 1.807) is 0 Å². The van der Waals surface area contributed by atoms with Crippen molar-refractivity contribution < 1.29 is 4.74 Å². The number of nitrogen functional groups attached to an aromatic ring is 1. The van der Waals surface area contributed by atoms with Gasteiger partial charge in [-0.25, -0.2) is 0 Å². The minimum Gasteiger partial charge on any atom is -0.491 e. The minimum absolute atomic E-state index is 0.659. The normalized spacial score (nSPS) is 9.69. The molecule has 3 heteroatoms. The first-order valence-electron chi connectivity index (χ1n) is 5.69. The highest BCUT2D eigenvalue weighted by atomic mass is 16.5. The maximum Gasteiger partial charge on any atom is 0.142 e. The molecule has 0 aromatic heterocycles. The molecule has 0 unspecified atom stereocenters. The summed E-state index contributed by atoms with van der Waals surface area (Å²) in [5, 5.41) is 8.36. The standard InChI is InChI=1S/C13H18N2O/c14-10-6-2-1-3-7-11-16-13-9-5-4-8-12(13)15/h4-5,8-9H,1-3,6-7,11,15H2. The summed E-state index contributed by atoms with van der Waals surface area (Å²) in [5.74, 6) is 0.763. The lowest BCUT2D eigenvalue weighted by atomic mass is 10.2. The summed E-state index contributed by atoms with van der Waals surface area (Å²) < 4.78 is 5.55. The van der Waals surface area contributed by atoms with E-state index in [1.807, 2.05) is 24.3 Å². The molecule has 0 saturated heterocycles. The highest BCUT2D eigenvalue weighted by Gasteiger charge is 1.97. The van der Waals surface area contributed by atoms with E-state index in [2.05, 4.69) is 6.07 Å². The topological polar surface area (TPSA) is 59.0 Å². The molecule has 0 aliphatic carbocycles. The summed E-state index contributed by atoms with van der Waals surface area (Å²) >= 11 is 0. The van der Waals surface area contributed by atoms with Crippen LogP contribution >= 0.6 is 0 Å². The number of hydrogen-bond acceptors (Lipinski definition) is 3. The molecule has 0 saturated carbocycles. The predicted octanol–water partition coefficient (Wildman–Crippen LogP) is 3.12. The van der Waals surface area contributed by atoms with Crippen LogP contribution in [0.15, 0.2) is 24.3 Å². The van der Waals surface area contributed by atoms with Gasteiger partial charge in [-0.1, -0.05) is 25.0 Å². The van der Waals surface area contributed by atoms with Crippen molar-refractivity contribution in [2.75, 3.05) is 12.3 Å². The number of nitrogens with zero attached hydrogens (tertiary/aromatic N) is 1. The number of unbranched alkanes of at least 4 members (excludes halogenated alkanes) is 4. The van der Waals surface area contributed by atoms with Crippen molar-refractivity contribution in [3.8, 4) is 11.8 Å². The summed E-state index contributed by atoms with van der Waals surface area (Å²) in [7, 11) is 0. The third-order valence-corrected chi connectivity index (χ3v) is 2.36. The van der Waals surface area contributed by atoms with Gasteiger partial charge in [0.25, 0.3) is 0 Å². The molecule has 0 fully saturated rings. The van der Waals surface area contributed by atoms with Gasteiger partial charge in [0.05, 0.1) is 18.4 Å². The van der Waals surface area contributed by atoms with Gasteiger partial charge in [0.2, 0.25) is 0 Å². The zero-order valence-corrected chi connectivity index (χ0v) is 9.48. The second kappa shape index (κ2) is 7.58. The van der Waals surface area contributed by atoms with Crippen molar-refractivity contribution in [2.24, 2.45) is 0 Å². The van der Waals surface area contributed by atoms with Crippen LogP contribution in [0.3, 0.4) is 0 Å². The van der Waals surface area contributed by atoms with Gasteiger partial charge < -0.3 is 10.5 Å². The molecule has 0 heterocycles. The van der Waals surface area contributed by atoms with Crippen LogP contribution in [0.5, 0.6) is 5.75 Å². The minimum atomic E-state index is 0.659. The number of nitrogens with two attached hydrogens (primary N) is 1. The van der Waals surface area contributed by atoms with Crippen LogP contribution in [0.1, 0.15) is 32.1 Å². The second-order valence-electron chi connectivity index (χ2n) is 3.71. The molecule has 16 heavy (non-hydrogen) atoms. The Kier molecular flexibility index (Phi) is 5.87. The molecule has 0 amide bonds. The average molecular weight is 218 g/mol. The Morgan fingerprint density at radius 3 is 2.62 bits per heavy atom. The molecule has 1 rings (SSSR count). The van der Waals surface area contributed by atoms with E-state index in [-0.39, 0.29) is 0 Å². The highest BCUT2D eigenvalue weighted by molar-refractivity contribution is 5.51. The summed E-state index contributed by atoms with van der Waals surface area (Å²) in [6.07, 6.45) is 4.87. The van der Waals surface area contributed by atoms with E-state index < -0.39 is 0 Å². The number of hydrogen-bond donors (Lipinski definition) is 1. The zero-order chi connectivity index (χ0) is 11.6. The molecule has 0 aliphatic heterocycles. The average Bonchev–Trinajstić information content (AvgIpc) is 2.30. The highest BCUT2D eigenvalue weighted by Crippen LogP contribution is 2.19. The van der Waals surface area contributed by atoms with Crippen LogP contribution in [0, 0.1) is 11.3 Å². The quantitative estimate of drug-likeness (QED) is 0.565. The van der Waals surface area contributed by atoms with Gasteiger partial charge in [0, 0.05) is 6.42 Å². The number of nitriles is 1. The SMILES string of the molecule is N#CCCCCCCOc1ccccc1N. The Bertz CT molecular complexity index is 344. The van der Waals surface area contributed by atoms with Crippen LogP contribution in [0.4, 0.5) is 5.69 Å². The zero-order valence-electron chi connectivity index (χ0n) is 9.48. The van der Waals surface area contributed by atoms with Crippen molar-refractivity contribution in [1.82, 2.24) is 0 Å². The molecule has 86 valence electrons. The Balaban J connectivity index is 2.08. The smallest absolute Gasteiger partial charge is 0.142 e. The Labute approximate surface area is 96.8 Å². The van der Waals surface area contributed by atoms with Gasteiger partial charge in [-0.05, 0) is 25.0 Å². The lowest BCUT2D eigenvalue weighted by molar-refractivity contribution is 0.306. The molecule has 3 nitrogen and oxygen atoms in total. The summed E-state index contributed by atoms with van der Waals surface area (Å²) in [6, 6.07) is 9.67. The van der Waals surface area contributed by atoms with Crippen LogP contribution < -0.4 is 10.5 Å². The molecule has 0 spiro atoms. The molecule has 0 radical (unpaired) electrons. The van der Waals surface area contributed by atoms with Gasteiger partial charge in [0.15, 0.2) is 0 Å². The fourth-order valence-corrected chi connectivity index (χ4v) is 1.45. The maximum absolute atomic E-state index is 8.36. The van der Waals surface area contributed by atoms with Crippen LogP contribution in [-0.2, 0) is 0 Å². The number of anilines is 1. The summed E-state index contributed by atoms with van der Waals surface area (Å²) in [4.78, 5) is 0. The second-order valence-corrected chi connectivity index (χ2v) is 3.71. The van der Waals surface area contributed by atoms with E-state index in [9.17, 15) is 0 Å². The van der Waals surface area contributed by atoms with Crippen LogP contribution in [-0.4, -0.2) is 6.61 Å². The van der Waals surface area contributed by atoms with E-state index in [0.717, 1.165) is 31.4 Å². The molecule has 2 N–H and O–H groups in total. The molecule has 1 aromatic carbocycles. The Morgan fingerprint density at radius 1 is 1.12 bits per heavy atom. The Morgan fingerprint density at radius 2 is 1.88 bits per heavy atom. The number of rotatable bonds is 7. The van der Waals surface area contributed by atoms with E-state index in [0.29, 0.717) is 18.7 Å². The molecular formula is C13H18N2O. The van der Waals surface area contributed by atoms with Crippen molar-refractivity contribution in [3.05, 3.63) is 24.3 Å². The fraction of sp³-hybridized carbons (Fsp3) is 0.462. The van der Waals surface area contributed by atoms with Gasteiger partial charge in [-0.15, -0.1) is 0 Å². The van der Waals surface area contributed by atoms with Crippen molar-refractivity contribution in [2.45, 2.75) is 32.1 Å². The number of para-hydroxylation sites is 2. The van der Waals surface area contributed by atoms with Crippen molar-refractivity contribution in [1.29, 1.82) is 5.26 Å². The van der Waals surface area contributed by atoms with Crippen LogP contribution in [0.25, 0.3) is 0 Å².